The molecule has 1 aromatic rings. The maximum absolute atomic E-state index is 13.3. The smallest absolute Gasteiger partial charge is 0.324 e. The van der Waals surface area contributed by atoms with E-state index in [4.69, 9.17) is 0 Å². The summed E-state index contributed by atoms with van der Waals surface area (Å²) in [6, 6.07) is 1.63. The summed E-state index contributed by atoms with van der Waals surface area (Å²) in [5.74, 6) is -6.40. The van der Waals surface area contributed by atoms with Crippen LogP contribution in [-0.4, -0.2) is 15.9 Å². The van der Waals surface area contributed by atoms with Crippen molar-refractivity contribution in [3.63, 3.8) is 0 Å². The molecule has 0 heterocycles. The van der Waals surface area contributed by atoms with Gasteiger partial charge in [-0.05, 0) is 19.1 Å². The Balaban J connectivity index is 3.09. The first-order chi connectivity index (χ1) is 7.84. The average molecular weight is 355 g/mol. The van der Waals surface area contributed by atoms with Crippen LogP contribution < -0.4 is 9.84 Å². The van der Waals surface area contributed by atoms with E-state index >= 15 is 0 Å². The Morgan fingerprint density at radius 3 is 2.41 bits per heavy atom. The molecule has 4 nitrogen and oxygen atoms in total. The van der Waals surface area contributed by atoms with Crippen LogP contribution in [0.15, 0.2) is 12.1 Å². The summed E-state index contributed by atoms with van der Waals surface area (Å²) in [5.41, 5.74) is -0.926. The van der Waals surface area contributed by atoms with Gasteiger partial charge in [-0.15, -0.1) is 0 Å². The highest BCUT2D eigenvalue weighted by Crippen LogP contribution is 2.23. The molecule has 1 rings (SSSR count). The number of carboxylic acid groups (broad SMARTS) is 1. The summed E-state index contributed by atoms with van der Waals surface area (Å²) >= 11 is 1.74. The molecule has 0 saturated carbocycles. The third-order valence-corrected chi connectivity index (χ3v) is 2.31. The molecule has 0 saturated heterocycles. The van der Waals surface area contributed by atoms with Gasteiger partial charge in [-0.3, -0.25) is 4.79 Å². The first-order valence-corrected chi connectivity index (χ1v) is 5.64. The molecule has 7 heteroatoms. The second kappa shape index (κ2) is 5.39. The van der Waals surface area contributed by atoms with Crippen molar-refractivity contribution < 1.29 is 28.2 Å². The van der Waals surface area contributed by atoms with E-state index in [1.54, 1.807) is 22.6 Å². The second-order valence-corrected chi connectivity index (χ2v) is 4.93. The van der Waals surface area contributed by atoms with E-state index in [2.05, 4.69) is 4.74 Å². The number of esters is 1. The van der Waals surface area contributed by atoms with Crippen LogP contribution in [0.5, 0.6) is 5.75 Å². The zero-order chi connectivity index (χ0) is 13.2. The van der Waals surface area contributed by atoms with Crippen molar-refractivity contribution in [3.8, 4) is 5.75 Å². The molecule has 0 amide bonds. The molecule has 0 bridgehead atoms. The first-order valence-electron chi connectivity index (χ1n) is 4.39. The number of carbonyl (C=O) groups is 2. The van der Waals surface area contributed by atoms with E-state index < -0.39 is 38.8 Å². The summed E-state index contributed by atoms with van der Waals surface area (Å²) in [5, 5.41) is 10.4. The van der Waals surface area contributed by atoms with Crippen molar-refractivity contribution in [1.29, 1.82) is 0 Å². The number of hydrogen-bond donors (Lipinski definition) is 0. The van der Waals surface area contributed by atoms with Crippen molar-refractivity contribution in [2.24, 2.45) is 0 Å². The van der Waals surface area contributed by atoms with Gasteiger partial charge in [0.05, 0.1) is 5.97 Å². The van der Waals surface area contributed by atoms with Gasteiger partial charge in [-0.2, -0.15) is 4.39 Å². The predicted molar refractivity (Wildman–Crippen MR) is 59.8 cm³/mol. The van der Waals surface area contributed by atoms with Gasteiger partial charge in [-0.25, -0.2) is 4.39 Å². The van der Waals surface area contributed by atoms with E-state index in [1.807, 2.05) is 0 Å². The Morgan fingerprint density at radius 2 is 1.94 bits per heavy atom. The number of halogens is 3. The number of carbonyl (C=O) groups excluding carboxylic acids is 2. The van der Waals surface area contributed by atoms with Crippen LogP contribution in [0.1, 0.15) is 17.3 Å². The fourth-order valence-corrected chi connectivity index (χ4v) is 1.08. The van der Waals surface area contributed by atoms with Crippen LogP contribution >= 0.6 is 22.6 Å². The van der Waals surface area contributed by atoms with Gasteiger partial charge >= 0.3 is 5.97 Å². The number of hydrogen-bond acceptors (Lipinski definition) is 4. The van der Waals surface area contributed by atoms with Crippen LogP contribution in [0.2, 0.25) is 0 Å². The minimum Gasteiger partial charge on any atom is -0.545 e. The monoisotopic (exact) mass is 355 g/mol. The van der Waals surface area contributed by atoms with Gasteiger partial charge in [-0.1, -0.05) is 22.6 Å². The molecule has 0 aliphatic rings. The molecule has 1 unspecified atom stereocenters. The molecule has 17 heavy (non-hydrogen) atoms. The van der Waals surface area contributed by atoms with E-state index in [-0.39, 0.29) is 0 Å². The Morgan fingerprint density at radius 1 is 1.35 bits per heavy atom. The number of aromatic carboxylic acids is 1. The van der Waals surface area contributed by atoms with Gasteiger partial charge in [0.25, 0.3) is 0 Å². The topological polar surface area (TPSA) is 66.4 Å². The summed E-state index contributed by atoms with van der Waals surface area (Å²) in [6.07, 6.45) is 0. The van der Waals surface area contributed by atoms with Gasteiger partial charge in [0, 0.05) is 5.56 Å². The van der Waals surface area contributed by atoms with Crippen molar-refractivity contribution in [2.75, 3.05) is 0 Å². The Labute approximate surface area is 109 Å². The van der Waals surface area contributed by atoms with Crippen molar-refractivity contribution in [3.05, 3.63) is 29.3 Å². The quantitative estimate of drug-likeness (QED) is 0.352. The summed E-state index contributed by atoms with van der Waals surface area (Å²) in [6.45, 7) is 1.51. The van der Waals surface area contributed by atoms with E-state index in [0.29, 0.717) is 0 Å². The van der Waals surface area contributed by atoms with E-state index in [1.165, 1.54) is 6.92 Å². The lowest BCUT2D eigenvalue weighted by molar-refractivity contribution is -0.255. The Hall–Kier alpha value is -1.25. The average Bonchev–Trinajstić information content (AvgIpc) is 2.24. The molecule has 0 fully saturated rings. The van der Waals surface area contributed by atoms with Gasteiger partial charge in [0.15, 0.2) is 11.6 Å². The highest BCUT2D eigenvalue weighted by molar-refractivity contribution is 14.1. The summed E-state index contributed by atoms with van der Waals surface area (Å²) in [7, 11) is 0. The summed E-state index contributed by atoms with van der Waals surface area (Å²) in [4.78, 5) is 21.5. The SMILES string of the molecule is CC(I)C(=O)Oc1ccc(C(=O)[O-])c(F)c1F. The minimum absolute atomic E-state index is 0.545. The molecular weight excluding hydrogens is 349 g/mol. The molecule has 0 aliphatic carbocycles. The standard InChI is InChI=1S/C10H7F2IO4/c1-4(13)10(16)17-6-3-2-5(9(14)15)7(11)8(6)12/h2-4H,1H3,(H,14,15)/p-1. The number of ether oxygens (including phenoxy) is 1. The Kier molecular flexibility index (Phi) is 4.38. The molecule has 0 N–H and O–H groups in total. The molecule has 0 spiro atoms. The van der Waals surface area contributed by atoms with Crippen molar-refractivity contribution >= 4 is 34.5 Å². The number of alkyl halides is 1. The third kappa shape index (κ3) is 3.11. The lowest BCUT2D eigenvalue weighted by Gasteiger charge is -2.10. The van der Waals surface area contributed by atoms with Crippen LogP contribution in [0, 0.1) is 11.6 Å². The van der Waals surface area contributed by atoms with E-state index in [0.717, 1.165) is 12.1 Å². The van der Waals surface area contributed by atoms with Gasteiger partial charge in [0.1, 0.15) is 3.92 Å². The summed E-state index contributed by atoms with van der Waals surface area (Å²) < 4.78 is 30.5. The molecule has 1 atom stereocenters. The molecule has 92 valence electrons. The van der Waals surface area contributed by atoms with Gasteiger partial charge < -0.3 is 14.6 Å². The maximum Gasteiger partial charge on any atom is 0.324 e. The fraction of sp³-hybridized carbons (Fsp3) is 0.200. The van der Waals surface area contributed by atoms with Crippen LogP contribution in [-0.2, 0) is 4.79 Å². The number of carboxylic acids is 1. The van der Waals surface area contributed by atoms with E-state index in [9.17, 15) is 23.5 Å². The molecule has 1 aromatic carbocycles. The molecule has 0 radical (unpaired) electrons. The van der Waals surface area contributed by atoms with Crippen molar-refractivity contribution in [2.45, 2.75) is 10.8 Å². The van der Waals surface area contributed by atoms with Crippen molar-refractivity contribution in [1.82, 2.24) is 0 Å². The highest BCUT2D eigenvalue weighted by Gasteiger charge is 2.19. The Bertz CT molecular complexity index is 474. The van der Waals surface area contributed by atoms with Crippen LogP contribution in [0.25, 0.3) is 0 Å². The molecular formula is C10H6F2IO4-. The lowest BCUT2D eigenvalue weighted by Crippen LogP contribution is -2.24. The van der Waals surface area contributed by atoms with Crippen LogP contribution in [0.3, 0.4) is 0 Å². The second-order valence-electron chi connectivity index (χ2n) is 3.06. The zero-order valence-corrected chi connectivity index (χ0v) is 10.7. The van der Waals surface area contributed by atoms with Gasteiger partial charge in [0.2, 0.25) is 5.82 Å². The first kappa shape index (κ1) is 13.8. The number of rotatable bonds is 3. The largest absolute Gasteiger partial charge is 0.545 e. The third-order valence-electron chi connectivity index (χ3n) is 1.80. The molecule has 0 aromatic heterocycles. The lowest BCUT2D eigenvalue weighted by atomic mass is 10.2. The zero-order valence-electron chi connectivity index (χ0n) is 8.50. The fourth-order valence-electron chi connectivity index (χ4n) is 0.958. The predicted octanol–water partition coefficient (Wildman–Crippen LogP) is 1.06. The highest BCUT2D eigenvalue weighted by atomic mass is 127. The minimum atomic E-state index is -1.85. The molecule has 0 aliphatic heterocycles. The normalized spacial score (nSPS) is 12.0. The maximum atomic E-state index is 13.3. The number of benzene rings is 1. The van der Waals surface area contributed by atoms with Crippen LogP contribution in [0.4, 0.5) is 8.78 Å².